The summed E-state index contributed by atoms with van der Waals surface area (Å²) in [7, 11) is 0. The molecule has 2 aliphatic rings. The fraction of sp³-hybridized carbons (Fsp3) is 0.600. The summed E-state index contributed by atoms with van der Waals surface area (Å²) in [5.74, 6) is 0.985. The molecular formula is C15H21N3O3. The summed E-state index contributed by atoms with van der Waals surface area (Å²) < 4.78 is 5.58. The van der Waals surface area contributed by atoms with Crippen LogP contribution in [-0.2, 0) is 0 Å². The van der Waals surface area contributed by atoms with Crippen molar-refractivity contribution in [3.05, 3.63) is 28.3 Å². The summed E-state index contributed by atoms with van der Waals surface area (Å²) >= 11 is 0. The number of nitrogens with zero attached hydrogens (tertiary/aromatic N) is 2. The third-order valence-corrected chi connectivity index (χ3v) is 4.38. The molecule has 2 aliphatic heterocycles. The summed E-state index contributed by atoms with van der Waals surface area (Å²) in [6, 6.07) is 5.75. The highest BCUT2D eigenvalue weighted by molar-refractivity contribution is 5.70. The molecule has 1 N–H and O–H groups in total. The van der Waals surface area contributed by atoms with Gasteiger partial charge in [0.25, 0.3) is 0 Å². The van der Waals surface area contributed by atoms with Crippen molar-refractivity contribution in [1.82, 2.24) is 5.32 Å². The molecule has 2 heterocycles. The molecule has 0 saturated carbocycles. The molecule has 0 aliphatic carbocycles. The molecule has 6 heteroatoms. The molecule has 0 radical (unpaired) electrons. The van der Waals surface area contributed by atoms with Crippen molar-refractivity contribution in [2.75, 3.05) is 31.1 Å². The minimum atomic E-state index is -0.309. The minimum Gasteiger partial charge on any atom is -0.487 e. The van der Waals surface area contributed by atoms with E-state index in [0.717, 1.165) is 32.5 Å². The van der Waals surface area contributed by atoms with Gasteiger partial charge < -0.3 is 15.0 Å². The molecule has 0 spiro atoms. The zero-order chi connectivity index (χ0) is 14.8. The van der Waals surface area contributed by atoms with Gasteiger partial charge in [-0.3, -0.25) is 10.1 Å². The third-order valence-electron chi connectivity index (χ3n) is 4.38. The topological polar surface area (TPSA) is 67.6 Å². The Kier molecular flexibility index (Phi) is 3.96. The molecule has 1 aromatic carbocycles. The highest BCUT2D eigenvalue weighted by Gasteiger charge is 2.40. The summed E-state index contributed by atoms with van der Waals surface area (Å²) in [6.45, 7) is 5.29. The first kappa shape index (κ1) is 14.1. The quantitative estimate of drug-likeness (QED) is 0.665. The lowest BCUT2D eigenvalue weighted by atomic mass is 10.0. The number of para-hydroxylation sites is 1. The number of fused-ring (bicyclic) bond motifs is 1. The Morgan fingerprint density at radius 3 is 3.10 bits per heavy atom. The zero-order valence-corrected chi connectivity index (χ0v) is 12.2. The van der Waals surface area contributed by atoms with Gasteiger partial charge in [-0.2, -0.15) is 0 Å². The van der Waals surface area contributed by atoms with E-state index in [2.05, 4.69) is 10.2 Å². The number of nitro benzene ring substituents is 1. The van der Waals surface area contributed by atoms with Crippen LogP contribution in [0, 0.1) is 16.0 Å². The van der Waals surface area contributed by atoms with E-state index < -0.39 is 0 Å². The first-order chi connectivity index (χ1) is 10.2. The molecule has 2 saturated heterocycles. The Bertz CT molecular complexity index is 535. The van der Waals surface area contributed by atoms with Gasteiger partial charge in [-0.05, 0) is 30.9 Å². The molecule has 1 aromatic rings. The fourth-order valence-corrected chi connectivity index (χ4v) is 3.40. The number of hydrogen-bond donors (Lipinski definition) is 1. The largest absolute Gasteiger partial charge is 0.487 e. The van der Waals surface area contributed by atoms with Crippen LogP contribution in [0.25, 0.3) is 0 Å². The first-order valence-corrected chi connectivity index (χ1v) is 7.60. The van der Waals surface area contributed by atoms with Gasteiger partial charge in [-0.15, -0.1) is 0 Å². The van der Waals surface area contributed by atoms with Crippen molar-refractivity contribution in [2.45, 2.75) is 25.8 Å². The molecule has 0 amide bonds. The van der Waals surface area contributed by atoms with Crippen molar-refractivity contribution >= 4 is 11.4 Å². The lowest BCUT2D eigenvalue weighted by Gasteiger charge is -2.25. The average molecular weight is 291 g/mol. The maximum absolute atomic E-state index is 11.5. The molecule has 0 unspecified atom stereocenters. The van der Waals surface area contributed by atoms with Crippen LogP contribution in [0.15, 0.2) is 18.2 Å². The highest BCUT2D eigenvalue weighted by atomic mass is 16.6. The summed E-state index contributed by atoms with van der Waals surface area (Å²) in [4.78, 5) is 13.4. The van der Waals surface area contributed by atoms with Gasteiger partial charge >= 0.3 is 5.69 Å². The smallest absolute Gasteiger partial charge is 0.333 e. The van der Waals surface area contributed by atoms with Crippen LogP contribution in [0.5, 0.6) is 5.75 Å². The second-order valence-corrected chi connectivity index (χ2v) is 5.70. The summed E-state index contributed by atoms with van der Waals surface area (Å²) in [5, 5.41) is 14.9. The number of rotatable bonds is 5. The monoisotopic (exact) mass is 291 g/mol. The van der Waals surface area contributed by atoms with Crippen molar-refractivity contribution in [3.63, 3.8) is 0 Å². The van der Waals surface area contributed by atoms with Gasteiger partial charge in [-0.25, -0.2) is 0 Å². The molecule has 2 atom stereocenters. The van der Waals surface area contributed by atoms with Crippen LogP contribution in [0.3, 0.4) is 0 Å². The molecule has 2 fully saturated rings. The van der Waals surface area contributed by atoms with E-state index in [0.29, 0.717) is 30.0 Å². The Hall–Kier alpha value is -1.82. The second kappa shape index (κ2) is 5.89. The van der Waals surface area contributed by atoms with Gasteiger partial charge in [-0.1, -0.05) is 13.0 Å². The summed E-state index contributed by atoms with van der Waals surface area (Å²) in [5.41, 5.74) is 0.809. The molecule has 3 rings (SSSR count). The van der Waals surface area contributed by atoms with Crippen LogP contribution in [0.1, 0.15) is 19.8 Å². The highest BCUT2D eigenvalue weighted by Crippen LogP contribution is 2.41. The van der Waals surface area contributed by atoms with Gasteiger partial charge in [0, 0.05) is 25.7 Å². The van der Waals surface area contributed by atoms with Crippen molar-refractivity contribution in [2.24, 2.45) is 5.92 Å². The van der Waals surface area contributed by atoms with Crippen LogP contribution >= 0.6 is 0 Å². The number of nitrogens with one attached hydrogen (secondary N) is 1. The normalized spacial score (nSPS) is 24.1. The van der Waals surface area contributed by atoms with Gasteiger partial charge in [0.15, 0.2) is 5.75 Å². The van der Waals surface area contributed by atoms with Crippen molar-refractivity contribution < 1.29 is 9.66 Å². The molecule has 0 bridgehead atoms. The lowest BCUT2D eigenvalue weighted by molar-refractivity contribution is -0.385. The van der Waals surface area contributed by atoms with Crippen molar-refractivity contribution in [1.29, 1.82) is 0 Å². The van der Waals surface area contributed by atoms with Crippen LogP contribution in [-0.4, -0.2) is 37.2 Å². The predicted octanol–water partition coefficient (Wildman–Crippen LogP) is 2.18. The van der Waals surface area contributed by atoms with E-state index in [1.165, 1.54) is 0 Å². The van der Waals surface area contributed by atoms with Gasteiger partial charge in [0.05, 0.1) is 11.5 Å². The van der Waals surface area contributed by atoms with Gasteiger partial charge in [0.1, 0.15) is 5.69 Å². The Morgan fingerprint density at radius 2 is 2.33 bits per heavy atom. The molecule has 0 aromatic heterocycles. The van der Waals surface area contributed by atoms with E-state index in [1.54, 1.807) is 6.07 Å². The SMILES string of the molecule is CCCOc1cccc(N2CC[C@H]3CNC[C@H]32)c1[N+](=O)[O-]. The van der Waals surface area contributed by atoms with E-state index in [9.17, 15) is 10.1 Å². The van der Waals surface area contributed by atoms with E-state index >= 15 is 0 Å². The first-order valence-electron chi connectivity index (χ1n) is 7.60. The molecular weight excluding hydrogens is 270 g/mol. The molecule has 21 heavy (non-hydrogen) atoms. The zero-order valence-electron chi connectivity index (χ0n) is 12.2. The van der Waals surface area contributed by atoms with Crippen LogP contribution < -0.4 is 15.0 Å². The number of ether oxygens (including phenoxy) is 1. The third kappa shape index (κ3) is 2.55. The Labute approximate surface area is 124 Å². The van der Waals surface area contributed by atoms with Crippen LogP contribution in [0.4, 0.5) is 11.4 Å². The van der Waals surface area contributed by atoms with E-state index in [1.807, 2.05) is 19.1 Å². The molecule has 114 valence electrons. The number of anilines is 1. The van der Waals surface area contributed by atoms with Gasteiger partial charge in [0.2, 0.25) is 0 Å². The number of benzene rings is 1. The maximum Gasteiger partial charge on any atom is 0.333 e. The standard InChI is InChI=1S/C15H21N3O3/c1-2-8-21-14-5-3-4-12(15(14)18(19)20)17-7-6-11-9-16-10-13(11)17/h3-5,11,13,16H,2,6-10H2,1H3/t11-,13+/m0/s1. The van der Waals surface area contributed by atoms with E-state index in [-0.39, 0.29) is 10.6 Å². The number of nitro groups is 1. The summed E-state index contributed by atoms with van der Waals surface area (Å²) in [6.07, 6.45) is 1.93. The van der Waals surface area contributed by atoms with E-state index in [4.69, 9.17) is 4.74 Å². The number of hydrogen-bond acceptors (Lipinski definition) is 5. The molecule has 6 nitrogen and oxygen atoms in total. The maximum atomic E-state index is 11.5. The predicted molar refractivity (Wildman–Crippen MR) is 81.0 cm³/mol. The fourth-order valence-electron chi connectivity index (χ4n) is 3.40. The Balaban J connectivity index is 1.95. The minimum absolute atomic E-state index is 0.110. The lowest BCUT2D eigenvalue weighted by Crippen LogP contribution is -2.34. The average Bonchev–Trinajstić information content (AvgIpc) is 3.07. The Morgan fingerprint density at radius 1 is 1.48 bits per heavy atom. The second-order valence-electron chi connectivity index (χ2n) is 5.70. The van der Waals surface area contributed by atoms with Crippen molar-refractivity contribution in [3.8, 4) is 5.75 Å². The van der Waals surface area contributed by atoms with Crippen LogP contribution in [0.2, 0.25) is 0 Å².